The molecular formula is C36H34Cl2O5S2. The molecule has 6 rings (SSSR count). The van der Waals surface area contributed by atoms with Gasteiger partial charge in [-0.3, -0.25) is 4.79 Å². The van der Waals surface area contributed by atoms with E-state index in [1.54, 1.807) is 67.6 Å². The fourth-order valence-electron chi connectivity index (χ4n) is 7.51. The summed E-state index contributed by atoms with van der Waals surface area (Å²) < 4.78 is 58.2. The lowest BCUT2D eigenvalue weighted by molar-refractivity contribution is -0.128. The maximum atomic E-state index is 14.8. The van der Waals surface area contributed by atoms with Crippen molar-refractivity contribution in [2.45, 2.75) is 65.2 Å². The molecule has 0 spiro atoms. The van der Waals surface area contributed by atoms with Gasteiger partial charge in [0, 0.05) is 34.2 Å². The number of benzene rings is 4. The molecule has 2 aliphatic carbocycles. The second kappa shape index (κ2) is 12.3. The van der Waals surface area contributed by atoms with Gasteiger partial charge in [0.2, 0.25) is 0 Å². The zero-order valence-electron chi connectivity index (χ0n) is 24.9. The third kappa shape index (κ3) is 6.00. The molecule has 4 aromatic rings. The van der Waals surface area contributed by atoms with Crippen molar-refractivity contribution in [3.05, 3.63) is 129 Å². The molecule has 0 aromatic heterocycles. The highest BCUT2D eigenvalue weighted by molar-refractivity contribution is 7.92. The first-order valence-electron chi connectivity index (χ1n) is 15.0. The van der Waals surface area contributed by atoms with Crippen LogP contribution in [0.5, 0.6) is 0 Å². The Morgan fingerprint density at radius 1 is 0.622 bits per heavy atom. The molecule has 6 atom stereocenters. The van der Waals surface area contributed by atoms with Gasteiger partial charge in [0.1, 0.15) is 5.78 Å². The van der Waals surface area contributed by atoms with E-state index in [4.69, 9.17) is 23.2 Å². The van der Waals surface area contributed by atoms with Gasteiger partial charge >= 0.3 is 0 Å². The molecule has 2 fully saturated rings. The highest BCUT2D eigenvalue weighted by Gasteiger charge is 2.56. The summed E-state index contributed by atoms with van der Waals surface area (Å²) in [6.07, 6.45) is 0.276. The fraction of sp³-hybridized carbons (Fsp3) is 0.306. The summed E-state index contributed by atoms with van der Waals surface area (Å²) in [5, 5.41) is -0.910. The largest absolute Gasteiger partial charge is 0.299 e. The van der Waals surface area contributed by atoms with E-state index >= 15 is 0 Å². The molecule has 0 saturated heterocycles. The van der Waals surface area contributed by atoms with Gasteiger partial charge in [-0.1, -0.05) is 83.4 Å². The fourth-order valence-corrected chi connectivity index (χ4v) is 12.3. The van der Waals surface area contributed by atoms with Crippen LogP contribution in [0.3, 0.4) is 0 Å². The first kappa shape index (κ1) is 32.0. The number of sulfone groups is 2. The molecule has 0 radical (unpaired) electrons. The van der Waals surface area contributed by atoms with Crippen LogP contribution >= 0.6 is 23.2 Å². The molecule has 5 nitrogen and oxygen atoms in total. The van der Waals surface area contributed by atoms with E-state index in [-0.39, 0.29) is 34.8 Å². The Kier molecular flexibility index (Phi) is 8.76. The van der Waals surface area contributed by atoms with Crippen molar-refractivity contribution in [1.29, 1.82) is 0 Å². The third-order valence-electron chi connectivity index (χ3n) is 9.73. The number of carbonyl (C=O) groups excluding carboxylic acids is 1. The summed E-state index contributed by atoms with van der Waals surface area (Å²) in [6.45, 7) is 3.74. The topological polar surface area (TPSA) is 85.3 Å². The lowest BCUT2D eigenvalue weighted by atomic mass is 9.61. The average Bonchev–Trinajstić information content (AvgIpc) is 3.01. The second-order valence-electron chi connectivity index (χ2n) is 12.4. The first-order chi connectivity index (χ1) is 21.4. The van der Waals surface area contributed by atoms with Crippen molar-refractivity contribution in [2.24, 2.45) is 11.8 Å². The van der Waals surface area contributed by atoms with Crippen LogP contribution in [0, 0.1) is 25.7 Å². The molecule has 2 aliphatic rings. The standard InChI is InChI=1S/C36H34Cl2O5S2/c1-22-7-9-24(10-8-22)29-19-32-31(21-35(29)44(40,41)28-17-15-27(38)16-18-28)33(39)20-30(25-11-13-26(37)14-12-25)36(32)45(42,43)34-6-4-3-5-23(34)2/h3-18,29-32,35-36H,19-21H2,1-2H3/t29?,30?,31-,32+,35?,36?/m1/s1. The average molecular weight is 682 g/mol. The van der Waals surface area contributed by atoms with Gasteiger partial charge in [-0.05, 0) is 91.8 Å². The van der Waals surface area contributed by atoms with Crippen LogP contribution in [0.4, 0.5) is 0 Å². The molecule has 9 heteroatoms. The zero-order chi connectivity index (χ0) is 32.1. The smallest absolute Gasteiger partial charge is 0.182 e. The van der Waals surface area contributed by atoms with Crippen LogP contribution in [0.1, 0.15) is 53.4 Å². The molecule has 0 aliphatic heterocycles. The summed E-state index contributed by atoms with van der Waals surface area (Å²) >= 11 is 12.3. The Labute approximate surface area is 275 Å². The van der Waals surface area contributed by atoms with Crippen LogP contribution in [0.15, 0.2) is 107 Å². The molecule has 4 aromatic carbocycles. The number of fused-ring (bicyclic) bond motifs is 1. The van der Waals surface area contributed by atoms with Gasteiger partial charge in [-0.25, -0.2) is 16.8 Å². The maximum Gasteiger partial charge on any atom is 0.182 e. The molecular weight excluding hydrogens is 647 g/mol. The number of hydrogen-bond acceptors (Lipinski definition) is 5. The lowest BCUT2D eigenvalue weighted by Gasteiger charge is -2.48. The minimum Gasteiger partial charge on any atom is -0.299 e. The second-order valence-corrected chi connectivity index (χ2v) is 17.5. The predicted octanol–water partition coefficient (Wildman–Crippen LogP) is 8.16. The Hall–Kier alpha value is -2.97. The molecule has 2 saturated carbocycles. The third-order valence-corrected chi connectivity index (χ3v) is 15.0. The van der Waals surface area contributed by atoms with Crippen molar-refractivity contribution in [3.63, 3.8) is 0 Å². The van der Waals surface area contributed by atoms with Crippen molar-refractivity contribution >= 4 is 48.7 Å². The first-order valence-corrected chi connectivity index (χ1v) is 18.9. The number of ketones is 1. The normalized spacial score (nSPS) is 25.5. The van der Waals surface area contributed by atoms with Crippen molar-refractivity contribution in [1.82, 2.24) is 0 Å². The number of hydrogen-bond donors (Lipinski definition) is 0. The SMILES string of the molecule is Cc1ccc(C2C[C@@H]3C(S(=O)(=O)c4ccccc4C)C(c4ccc(Cl)cc4)CC(=O)[C@@H]3CC2S(=O)(=O)c2ccc(Cl)cc2)cc1. The van der Waals surface area contributed by atoms with Crippen LogP contribution in [0.25, 0.3) is 0 Å². The summed E-state index contributed by atoms with van der Waals surface area (Å²) in [5.74, 6) is -2.57. The Bertz CT molecular complexity index is 1940. The Morgan fingerprint density at radius 2 is 1.18 bits per heavy atom. The molecule has 45 heavy (non-hydrogen) atoms. The van der Waals surface area contributed by atoms with E-state index in [0.29, 0.717) is 15.6 Å². The van der Waals surface area contributed by atoms with E-state index in [2.05, 4.69) is 0 Å². The zero-order valence-corrected chi connectivity index (χ0v) is 28.1. The van der Waals surface area contributed by atoms with Gasteiger partial charge in [-0.2, -0.15) is 0 Å². The van der Waals surface area contributed by atoms with E-state index in [1.165, 1.54) is 12.1 Å². The van der Waals surface area contributed by atoms with Crippen molar-refractivity contribution < 1.29 is 21.6 Å². The quantitative estimate of drug-likeness (QED) is 0.205. The van der Waals surface area contributed by atoms with E-state index in [9.17, 15) is 21.6 Å². The number of rotatable bonds is 6. The molecule has 0 bridgehead atoms. The van der Waals surface area contributed by atoms with Gasteiger partial charge in [0.05, 0.1) is 20.3 Å². The Balaban J connectivity index is 1.52. The predicted molar refractivity (Wildman–Crippen MR) is 179 cm³/mol. The van der Waals surface area contributed by atoms with Gasteiger partial charge < -0.3 is 0 Å². The van der Waals surface area contributed by atoms with Gasteiger partial charge in [0.25, 0.3) is 0 Å². The van der Waals surface area contributed by atoms with E-state index in [0.717, 1.165) is 16.7 Å². The maximum absolute atomic E-state index is 14.8. The van der Waals surface area contributed by atoms with Crippen LogP contribution in [-0.4, -0.2) is 33.1 Å². The molecule has 0 heterocycles. The monoisotopic (exact) mass is 680 g/mol. The lowest BCUT2D eigenvalue weighted by Crippen LogP contribution is -2.53. The van der Waals surface area contributed by atoms with Crippen LogP contribution in [0.2, 0.25) is 10.0 Å². The Morgan fingerprint density at radius 3 is 1.80 bits per heavy atom. The number of carbonyl (C=O) groups is 1. The number of aryl methyl sites for hydroxylation is 2. The number of Topliss-reactive ketones (excluding diaryl/α,β-unsaturated/α-hetero) is 1. The minimum atomic E-state index is -3.97. The summed E-state index contributed by atoms with van der Waals surface area (Å²) in [4.78, 5) is 14.4. The highest BCUT2D eigenvalue weighted by atomic mass is 35.5. The molecule has 0 amide bonds. The highest BCUT2D eigenvalue weighted by Crippen LogP contribution is 2.54. The summed E-state index contributed by atoms with van der Waals surface area (Å²) in [6, 6.07) is 27.8. The van der Waals surface area contributed by atoms with Crippen LogP contribution < -0.4 is 0 Å². The summed E-state index contributed by atoms with van der Waals surface area (Å²) in [5.41, 5.74) is 3.21. The molecule has 4 unspecified atom stereocenters. The van der Waals surface area contributed by atoms with Crippen molar-refractivity contribution in [3.8, 4) is 0 Å². The molecule has 234 valence electrons. The van der Waals surface area contributed by atoms with Gasteiger partial charge in [-0.15, -0.1) is 0 Å². The minimum absolute atomic E-state index is 0.00148. The number of halogens is 2. The van der Waals surface area contributed by atoms with Crippen LogP contribution in [-0.2, 0) is 24.5 Å². The van der Waals surface area contributed by atoms with E-state index < -0.39 is 53.8 Å². The van der Waals surface area contributed by atoms with E-state index in [1.807, 2.05) is 31.2 Å². The molecule has 0 N–H and O–H groups in total. The summed E-state index contributed by atoms with van der Waals surface area (Å²) in [7, 11) is -7.88. The van der Waals surface area contributed by atoms with Crippen molar-refractivity contribution in [2.75, 3.05) is 0 Å². The van der Waals surface area contributed by atoms with Gasteiger partial charge in [0.15, 0.2) is 19.7 Å².